The number of carbonyl (C=O) groups excluding carboxylic acids is 1. The van der Waals surface area contributed by atoms with Crippen LogP contribution in [0.15, 0.2) is 48.5 Å². The molecule has 4 heteroatoms. The molecule has 2 rings (SSSR count). The first-order valence-corrected chi connectivity index (χ1v) is 5.94. The van der Waals surface area contributed by atoms with Gasteiger partial charge in [0.1, 0.15) is 11.5 Å². The summed E-state index contributed by atoms with van der Waals surface area (Å²) in [5, 5.41) is 18.6. The second-order valence-corrected chi connectivity index (χ2v) is 4.36. The number of rotatable bonds is 3. The van der Waals surface area contributed by atoms with E-state index in [1.165, 1.54) is 24.3 Å². The molecule has 2 aromatic rings. The van der Waals surface area contributed by atoms with Crippen LogP contribution in [0.4, 0.5) is 0 Å². The van der Waals surface area contributed by atoms with Crippen molar-refractivity contribution in [3.8, 4) is 11.5 Å². The molecule has 19 heavy (non-hydrogen) atoms. The summed E-state index contributed by atoms with van der Waals surface area (Å²) in [7, 11) is 0. The highest BCUT2D eigenvalue weighted by Gasteiger charge is 2.02. The summed E-state index contributed by atoms with van der Waals surface area (Å²) in [4.78, 5) is 11.8. The van der Waals surface area contributed by atoms with Gasteiger partial charge >= 0.3 is 0 Å². The Labute approximate surface area is 115 Å². The number of carbonyl (C=O) groups is 1. The lowest BCUT2D eigenvalue weighted by Crippen LogP contribution is -1.92. The Morgan fingerprint density at radius 2 is 1.74 bits per heavy atom. The van der Waals surface area contributed by atoms with Crippen LogP contribution in [0.1, 0.15) is 15.9 Å². The third-order valence-electron chi connectivity index (χ3n) is 2.55. The first kappa shape index (κ1) is 13.2. The van der Waals surface area contributed by atoms with Crippen molar-refractivity contribution < 1.29 is 15.0 Å². The van der Waals surface area contributed by atoms with Gasteiger partial charge in [-0.1, -0.05) is 23.7 Å². The number of ketones is 1. The van der Waals surface area contributed by atoms with Gasteiger partial charge in [-0.2, -0.15) is 0 Å². The Morgan fingerprint density at radius 3 is 2.37 bits per heavy atom. The van der Waals surface area contributed by atoms with Crippen LogP contribution in [0.5, 0.6) is 11.5 Å². The van der Waals surface area contributed by atoms with Gasteiger partial charge in [0.05, 0.1) is 5.02 Å². The van der Waals surface area contributed by atoms with Gasteiger partial charge < -0.3 is 10.2 Å². The number of allylic oxidation sites excluding steroid dienone is 1. The molecule has 0 heterocycles. The zero-order valence-corrected chi connectivity index (χ0v) is 10.6. The van der Waals surface area contributed by atoms with Crippen molar-refractivity contribution in [1.82, 2.24) is 0 Å². The predicted octanol–water partition coefficient (Wildman–Crippen LogP) is 3.65. The quantitative estimate of drug-likeness (QED) is 0.663. The van der Waals surface area contributed by atoms with E-state index < -0.39 is 0 Å². The Kier molecular flexibility index (Phi) is 3.88. The summed E-state index contributed by atoms with van der Waals surface area (Å²) >= 11 is 5.77. The largest absolute Gasteiger partial charge is 0.508 e. The highest BCUT2D eigenvalue weighted by Crippen LogP contribution is 2.24. The van der Waals surface area contributed by atoms with Gasteiger partial charge in [0.15, 0.2) is 5.78 Å². The maximum atomic E-state index is 11.8. The Balaban J connectivity index is 2.15. The van der Waals surface area contributed by atoms with E-state index in [-0.39, 0.29) is 22.3 Å². The van der Waals surface area contributed by atoms with Gasteiger partial charge in [0.25, 0.3) is 0 Å². The van der Waals surface area contributed by atoms with Crippen LogP contribution in [0, 0.1) is 0 Å². The molecule has 0 spiro atoms. The molecule has 3 nitrogen and oxygen atoms in total. The van der Waals surface area contributed by atoms with Gasteiger partial charge in [-0.05, 0) is 48.0 Å². The van der Waals surface area contributed by atoms with Crippen LogP contribution in [0.25, 0.3) is 6.08 Å². The average molecular weight is 275 g/mol. The summed E-state index contributed by atoms with van der Waals surface area (Å²) in [6.07, 6.45) is 3.02. The molecule has 0 saturated carbocycles. The Morgan fingerprint density at radius 1 is 1.05 bits per heavy atom. The van der Waals surface area contributed by atoms with Gasteiger partial charge in [-0.25, -0.2) is 0 Å². The Bertz CT molecular complexity index is 630. The standard InChI is InChI=1S/C15H11ClO3/c16-13-9-10(2-8-15(13)19)1-7-14(18)11-3-5-12(17)6-4-11/h1-9,17,19H/b7-1+. The van der Waals surface area contributed by atoms with E-state index in [0.29, 0.717) is 5.56 Å². The summed E-state index contributed by atoms with van der Waals surface area (Å²) in [5.74, 6) is -0.0567. The van der Waals surface area contributed by atoms with Crippen molar-refractivity contribution in [3.05, 3.63) is 64.7 Å². The van der Waals surface area contributed by atoms with Crippen LogP contribution in [0.3, 0.4) is 0 Å². The smallest absolute Gasteiger partial charge is 0.185 e. The lowest BCUT2D eigenvalue weighted by molar-refractivity contribution is 0.104. The Hall–Kier alpha value is -2.26. The van der Waals surface area contributed by atoms with Crippen molar-refractivity contribution in [2.45, 2.75) is 0 Å². The highest BCUT2D eigenvalue weighted by molar-refractivity contribution is 6.32. The fourth-order valence-electron chi connectivity index (χ4n) is 1.52. The van der Waals surface area contributed by atoms with Crippen LogP contribution in [0.2, 0.25) is 5.02 Å². The molecule has 96 valence electrons. The van der Waals surface area contributed by atoms with Crippen molar-refractivity contribution in [2.24, 2.45) is 0 Å². The molecule has 0 aliphatic heterocycles. The molecular formula is C15H11ClO3. The molecule has 0 atom stereocenters. The number of hydrogen-bond acceptors (Lipinski definition) is 3. The molecule has 0 bridgehead atoms. The minimum absolute atomic E-state index is 0.00341. The summed E-state index contributed by atoms with van der Waals surface area (Å²) < 4.78 is 0. The van der Waals surface area contributed by atoms with E-state index in [4.69, 9.17) is 16.7 Å². The van der Waals surface area contributed by atoms with Gasteiger partial charge in [0.2, 0.25) is 0 Å². The second kappa shape index (κ2) is 5.59. The topological polar surface area (TPSA) is 57.5 Å². The lowest BCUT2D eigenvalue weighted by Gasteiger charge is -1.98. The van der Waals surface area contributed by atoms with E-state index in [1.807, 2.05) is 0 Å². The lowest BCUT2D eigenvalue weighted by atomic mass is 10.1. The van der Waals surface area contributed by atoms with E-state index >= 15 is 0 Å². The number of phenols is 2. The van der Waals surface area contributed by atoms with E-state index in [0.717, 1.165) is 5.56 Å². The first-order valence-electron chi connectivity index (χ1n) is 5.56. The second-order valence-electron chi connectivity index (χ2n) is 3.96. The van der Waals surface area contributed by atoms with Gasteiger partial charge in [-0.15, -0.1) is 0 Å². The summed E-state index contributed by atoms with van der Waals surface area (Å²) in [6.45, 7) is 0. The number of aromatic hydroxyl groups is 2. The molecule has 0 aromatic heterocycles. The number of phenolic OH excluding ortho intramolecular Hbond substituents is 2. The maximum absolute atomic E-state index is 11.8. The third-order valence-corrected chi connectivity index (χ3v) is 2.85. The monoisotopic (exact) mass is 274 g/mol. The SMILES string of the molecule is O=C(/C=C/c1ccc(O)c(Cl)c1)c1ccc(O)cc1. The van der Waals surface area contributed by atoms with Crippen molar-refractivity contribution in [3.63, 3.8) is 0 Å². The van der Waals surface area contributed by atoms with Crippen LogP contribution < -0.4 is 0 Å². The third kappa shape index (κ3) is 3.36. The van der Waals surface area contributed by atoms with Crippen LogP contribution in [-0.4, -0.2) is 16.0 Å². The average Bonchev–Trinajstić information content (AvgIpc) is 2.40. The maximum Gasteiger partial charge on any atom is 0.185 e. The zero-order chi connectivity index (χ0) is 13.8. The number of halogens is 1. The summed E-state index contributed by atoms with van der Waals surface area (Å²) in [6, 6.07) is 10.7. The van der Waals surface area contributed by atoms with Crippen LogP contribution in [-0.2, 0) is 0 Å². The molecule has 2 aromatic carbocycles. The van der Waals surface area contributed by atoms with Crippen molar-refractivity contribution >= 4 is 23.5 Å². The minimum Gasteiger partial charge on any atom is -0.508 e. The van der Waals surface area contributed by atoms with Crippen molar-refractivity contribution in [2.75, 3.05) is 0 Å². The number of hydrogen-bond donors (Lipinski definition) is 2. The highest BCUT2D eigenvalue weighted by atomic mass is 35.5. The van der Waals surface area contributed by atoms with Crippen LogP contribution >= 0.6 is 11.6 Å². The van der Waals surface area contributed by atoms with E-state index in [1.54, 1.807) is 30.3 Å². The molecular weight excluding hydrogens is 264 g/mol. The van der Waals surface area contributed by atoms with Crippen molar-refractivity contribution in [1.29, 1.82) is 0 Å². The number of benzene rings is 2. The normalized spacial score (nSPS) is 10.8. The molecule has 0 aliphatic carbocycles. The molecule has 0 radical (unpaired) electrons. The van der Waals surface area contributed by atoms with E-state index in [2.05, 4.69) is 0 Å². The molecule has 0 amide bonds. The van der Waals surface area contributed by atoms with E-state index in [9.17, 15) is 9.90 Å². The zero-order valence-electron chi connectivity index (χ0n) is 9.88. The van der Waals surface area contributed by atoms with Gasteiger partial charge in [0, 0.05) is 5.56 Å². The summed E-state index contributed by atoms with van der Waals surface area (Å²) in [5.41, 5.74) is 1.20. The molecule has 0 saturated heterocycles. The molecule has 0 unspecified atom stereocenters. The first-order chi connectivity index (χ1) is 9.06. The minimum atomic E-state index is -0.177. The molecule has 0 fully saturated rings. The fourth-order valence-corrected chi connectivity index (χ4v) is 1.71. The molecule has 2 N–H and O–H groups in total. The van der Waals surface area contributed by atoms with Gasteiger partial charge in [-0.3, -0.25) is 4.79 Å². The predicted molar refractivity (Wildman–Crippen MR) is 74.6 cm³/mol. The molecule has 0 aliphatic rings. The fraction of sp³-hybridized carbons (Fsp3) is 0.